The van der Waals surface area contributed by atoms with E-state index in [1.807, 2.05) is 38.1 Å². The summed E-state index contributed by atoms with van der Waals surface area (Å²) in [5.41, 5.74) is 2.13. The van der Waals surface area contributed by atoms with Crippen molar-refractivity contribution in [1.29, 1.82) is 0 Å². The van der Waals surface area contributed by atoms with Crippen molar-refractivity contribution in [2.24, 2.45) is 0 Å². The van der Waals surface area contributed by atoms with E-state index in [0.717, 1.165) is 29.9 Å². The fourth-order valence-electron chi connectivity index (χ4n) is 3.90. The van der Waals surface area contributed by atoms with Crippen LogP contribution in [0.4, 0.5) is 0 Å². The van der Waals surface area contributed by atoms with Gasteiger partial charge < -0.3 is 9.72 Å². The average Bonchev–Trinajstić information content (AvgIpc) is 3.00. The number of aromatic amines is 1. The number of benzene rings is 1. The highest BCUT2D eigenvalue weighted by Crippen LogP contribution is 2.34. The summed E-state index contributed by atoms with van der Waals surface area (Å²) in [5, 5.41) is 4.68. The third-order valence-electron chi connectivity index (χ3n) is 5.12. The third kappa shape index (κ3) is 2.89. The minimum atomic E-state index is -0.137. The van der Waals surface area contributed by atoms with E-state index < -0.39 is 0 Å². The normalized spacial score (nSPS) is 15.5. The van der Waals surface area contributed by atoms with Crippen LogP contribution in [-0.2, 0) is 0 Å². The maximum atomic E-state index is 12.9. The molecule has 0 radical (unpaired) electrons. The SMILES string of the molecule is CCOc1ccccc1-c1nn2c(C)nc(C3CCCCC3)c2c(=O)[nH]1. The van der Waals surface area contributed by atoms with E-state index in [4.69, 9.17) is 9.72 Å². The molecule has 0 saturated heterocycles. The Hall–Kier alpha value is -2.63. The summed E-state index contributed by atoms with van der Waals surface area (Å²) in [7, 11) is 0. The van der Waals surface area contributed by atoms with Gasteiger partial charge in [-0.15, -0.1) is 5.10 Å². The van der Waals surface area contributed by atoms with Gasteiger partial charge in [-0.2, -0.15) is 0 Å². The van der Waals surface area contributed by atoms with Gasteiger partial charge in [-0.3, -0.25) is 4.79 Å². The first kappa shape index (κ1) is 16.8. The van der Waals surface area contributed by atoms with E-state index in [9.17, 15) is 4.79 Å². The molecule has 1 aliphatic rings. The zero-order valence-electron chi connectivity index (χ0n) is 15.3. The number of hydrogen-bond donors (Lipinski definition) is 1. The highest BCUT2D eigenvalue weighted by atomic mass is 16.5. The van der Waals surface area contributed by atoms with Gasteiger partial charge in [-0.1, -0.05) is 31.4 Å². The second-order valence-electron chi connectivity index (χ2n) is 6.87. The number of hydrogen-bond acceptors (Lipinski definition) is 4. The number of imidazole rings is 1. The molecule has 0 unspecified atom stereocenters. The van der Waals surface area contributed by atoms with Gasteiger partial charge in [0.1, 0.15) is 11.6 Å². The lowest BCUT2D eigenvalue weighted by atomic mass is 9.87. The van der Waals surface area contributed by atoms with Crippen LogP contribution >= 0.6 is 0 Å². The number of nitrogens with one attached hydrogen (secondary N) is 1. The van der Waals surface area contributed by atoms with Gasteiger partial charge in [0.15, 0.2) is 11.3 Å². The van der Waals surface area contributed by atoms with Crippen molar-refractivity contribution >= 4 is 5.52 Å². The molecule has 0 aliphatic heterocycles. The highest BCUT2D eigenvalue weighted by molar-refractivity contribution is 5.65. The molecule has 1 saturated carbocycles. The predicted molar refractivity (Wildman–Crippen MR) is 101 cm³/mol. The highest BCUT2D eigenvalue weighted by Gasteiger charge is 2.24. The lowest BCUT2D eigenvalue weighted by Crippen LogP contribution is -2.17. The molecule has 4 rings (SSSR count). The Morgan fingerprint density at radius 2 is 2.00 bits per heavy atom. The summed E-state index contributed by atoms with van der Waals surface area (Å²) < 4.78 is 7.38. The maximum absolute atomic E-state index is 12.9. The number of nitrogens with zero attached hydrogens (tertiary/aromatic N) is 3. The molecule has 6 heteroatoms. The summed E-state index contributed by atoms with van der Waals surface area (Å²) in [6.07, 6.45) is 5.87. The smallest absolute Gasteiger partial charge is 0.277 e. The Morgan fingerprint density at radius 1 is 1.23 bits per heavy atom. The monoisotopic (exact) mass is 352 g/mol. The fourth-order valence-corrected chi connectivity index (χ4v) is 3.90. The third-order valence-corrected chi connectivity index (χ3v) is 5.12. The number of rotatable bonds is 4. The zero-order valence-corrected chi connectivity index (χ0v) is 15.3. The molecule has 1 aliphatic carbocycles. The molecule has 0 bridgehead atoms. The van der Waals surface area contributed by atoms with Crippen LogP contribution in [-0.4, -0.2) is 26.2 Å². The van der Waals surface area contributed by atoms with E-state index in [2.05, 4.69) is 10.1 Å². The first-order valence-corrected chi connectivity index (χ1v) is 9.40. The predicted octanol–water partition coefficient (Wildman–Crippen LogP) is 3.84. The van der Waals surface area contributed by atoms with E-state index in [-0.39, 0.29) is 5.56 Å². The van der Waals surface area contributed by atoms with Crippen molar-refractivity contribution in [3.8, 4) is 17.1 Å². The lowest BCUT2D eigenvalue weighted by Gasteiger charge is -2.19. The molecule has 2 aromatic heterocycles. The molecule has 1 fully saturated rings. The molecule has 1 aromatic carbocycles. The average molecular weight is 352 g/mol. The molecular weight excluding hydrogens is 328 g/mol. The molecule has 0 atom stereocenters. The number of para-hydroxylation sites is 1. The summed E-state index contributed by atoms with van der Waals surface area (Å²) in [4.78, 5) is 20.6. The van der Waals surface area contributed by atoms with Crippen molar-refractivity contribution in [3.63, 3.8) is 0 Å². The van der Waals surface area contributed by atoms with Crippen LogP contribution in [0.1, 0.15) is 56.5 Å². The van der Waals surface area contributed by atoms with Crippen LogP contribution < -0.4 is 10.3 Å². The topological polar surface area (TPSA) is 72.3 Å². The number of ether oxygens (including phenoxy) is 1. The molecule has 0 spiro atoms. The Bertz CT molecular complexity index is 983. The number of aromatic nitrogens is 4. The van der Waals surface area contributed by atoms with Crippen molar-refractivity contribution in [3.05, 3.63) is 46.1 Å². The standard InChI is InChI=1S/C20H24N4O2/c1-3-26-16-12-8-7-11-15(16)19-22-20(25)18-17(14-9-5-4-6-10-14)21-13(2)24(18)23-19/h7-8,11-12,14H,3-6,9-10H2,1-2H3,(H,22,23,25). The van der Waals surface area contributed by atoms with E-state index in [1.54, 1.807) is 4.52 Å². The molecular formula is C20H24N4O2. The van der Waals surface area contributed by atoms with E-state index in [1.165, 1.54) is 19.3 Å². The first-order chi connectivity index (χ1) is 12.7. The minimum Gasteiger partial charge on any atom is -0.493 e. The summed E-state index contributed by atoms with van der Waals surface area (Å²) >= 11 is 0. The van der Waals surface area contributed by atoms with Crippen LogP contribution in [0.25, 0.3) is 16.9 Å². The Labute approximate surface area is 152 Å². The summed E-state index contributed by atoms with van der Waals surface area (Å²) in [6, 6.07) is 7.62. The Morgan fingerprint density at radius 3 is 2.77 bits per heavy atom. The number of aryl methyl sites for hydroxylation is 1. The van der Waals surface area contributed by atoms with Gasteiger partial charge in [0.05, 0.1) is 17.9 Å². The molecule has 3 aromatic rings. The molecule has 26 heavy (non-hydrogen) atoms. The maximum Gasteiger partial charge on any atom is 0.277 e. The van der Waals surface area contributed by atoms with Crippen LogP contribution in [0.3, 0.4) is 0 Å². The van der Waals surface area contributed by atoms with Crippen LogP contribution in [0.15, 0.2) is 29.1 Å². The van der Waals surface area contributed by atoms with Crippen LogP contribution in [0.5, 0.6) is 5.75 Å². The molecule has 136 valence electrons. The van der Waals surface area contributed by atoms with Crippen molar-refractivity contribution in [2.75, 3.05) is 6.61 Å². The van der Waals surface area contributed by atoms with E-state index >= 15 is 0 Å². The van der Waals surface area contributed by atoms with Crippen LogP contribution in [0, 0.1) is 6.92 Å². The Kier molecular flexibility index (Phi) is 4.49. The van der Waals surface area contributed by atoms with Gasteiger partial charge in [-0.25, -0.2) is 9.50 Å². The van der Waals surface area contributed by atoms with Crippen molar-refractivity contribution in [2.45, 2.75) is 51.9 Å². The van der Waals surface area contributed by atoms with Gasteiger partial charge in [0.25, 0.3) is 5.56 Å². The quantitative estimate of drug-likeness (QED) is 0.774. The number of H-pyrrole nitrogens is 1. The lowest BCUT2D eigenvalue weighted by molar-refractivity contribution is 0.341. The second kappa shape index (κ2) is 6.94. The largest absolute Gasteiger partial charge is 0.493 e. The Balaban J connectivity index is 1.86. The van der Waals surface area contributed by atoms with E-state index in [0.29, 0.717) is 29.6 Å². The fraction of sp³-hybridized carbons (Fsp3) is 0.450. The first-order valence-electron chi connectivity index (χ1n) is 9.40. The van der Waals surface area contributed by atoms with Crippen molar-refractivity contribution < 1.29 is 4.74 Å². The molecule has 2 heterocycles. The van der Waals surface area contributed by atoms with Gasteiger partial charge >= 0.3 is 0 Å². The van der Waals surface area contributed by atoms with Gasteiger partial charge in [0.2, 0.25) is 0 Å². The minimum absolute atomic E-state index is 0.137. The van der Waals surface area contributed by atoms with Crippen molar-refractivity contribution in [1.82, 2.24) is 19.6 Å². The van der Waals surface area contributed by atoms with Gasteiger partial charge in [-0.05, 0) is 38.8 Å². The van der Waals surface area contributed by atoms with Crippen LogP contribution in [0.2, 0.25) is 0 Å². The second-order valence-corrected chi connectivity index (χ2v) is 6.87. The summed E-state index contributed by atoms with van der Waals surface area (Å²) in [5.74, 6) is 2.32. The number of fused-ring (bicyclic) bond motifs is 1. The molecule has 6 nitrogen and oxygen atoms in total. The molecule has 1 N–H and O–H groups in total. The summed E-state index contributed by atoms with van der Waals surface area (Å²) in [6.45, 7) is 4.40. The molecule has 0 amide bonds. The van der Waals surface area contributed by atoms with Gasteiger partial charge in [0, 0.05) is 5.92 Å². The zero-order chi connectivity index (χ0) is 18.1.